The lowest BCUT2D eigenvalue weighted by Crippen LogP contribution is -2.42. The molecular weight excluding hydrogens is 278 g/mol. The van der Waals surface area contributed by atoms with Crippen LogP contribution in [0.3, 0.4) is 0 Å². The zero-order chi connectivity index (χ0) is 16.4. The smallest absolute Gasteiger partial charge is 0.328 e. The lowest BCUT2D eigenvalue weighted by molar-refractivity contribution is -0.391. The van der Waals surface area contributed by atoms with Gasteiger partial charge in [-0.05, 0) is 38.7 Å². The number of ether oxygens (including phenoxy) is 1. The van der Waals surface area contributed by atoms with Crippen LogP contribution in [0.15, 0.2) is 12.1 Å². The third kappa shape index (κ3) is 4.30. The van der Waals surface area contributed by atoms with Gasteiger partial charge in [0.1, 0.15) is 11.6 Å². The first-order valence-electron chi connectivity index (χ1n) is 6.37. The summed E-state index contributed by atoms with van der Waals surface area (Å²) in [5.41, 5.74) is -0.558. The van der Waals surface area contributed by atoms with E-state index in [0.29, 0.717) is 0 Å². The summed E-state index contributed by atoms with van der Waals surface area (Å²) in [5, 5.41) is 13.2. The number of amides is 1. The minimum absolute atomic E-state index is 0.0945. The molecule has 8 heteroatoms. The molecule has 0 bridgehead atoms. The van der Waals surface area contributed by atoms with Gasteiger partial charge in [-0.3, -0.25) is 4.79 Å². The number of aromatic nitrogens is 1. The molecule has 0 unspecified atom stereocenters. The summed E-state index contributed by atoms with van der Waals surface area (Å²) in [5.74, 6) is -1.35. The normalized spacial score (nSPS) is 12.6. The van der Waals surface area contributed by atoms with Gasteiger partial charge in [-0.15, -0.1) is 0 Å². The lowest BCUT2D eigenvalue weighted by Gasteiger charge is -2.22. The molecule has 0 aliphatic carbocycles. The van der Waals surface area contributed by atoms with E-state index in [9.17, 15) is 19.7 Å². The van der Waals surface area contributed by atoms with Gasteiger partial charge < -0.3 is 20.2 Å². The van der Waals surface area contributed by atoms with Crippen LogP contribution in [0, 0.1) is 10.1 Å². The van der Waals surface area contributed by atoms with Crippen LogP contribution in [0.2, 0.25) is 0 Å². The molecule has 1 rings (SSSR count). The Morgan fingerprint density at radius 1 is 1.38 bits per heavy atom. The number of nitro groups is 1. The number of nitrogens with zero attached hydrogens (tertiary/aromatic N) is 2. The van der Waals surface area contributed by atoms with E-state index in [4.69, 9.17) is 4.74 Å². The molecule has 1 atom stereocenters. The summed E-state index contributed by atoms with van der Waals surface area (Å²) in [6, 6.07) is 1.70. The first-order chi connectivity index (χ1) is 9.53. The van der Waals surface area contributed by atoms with Gasteiger partial charge in [-0.25, -0.2) is 9.36 Å². The minimum Gasteiger partial charge on any atom is -0.458 e. The maximum atomic E-state index is 12.0. The fraction of sp³-hybridized carbons (Fsp3) is 0.538. The van der Waals surface area contributed by atoms with Crippen molar-refractivity contribution in [2.24, 2.45) is 7.05 Å². The van der Waals surface area contributed by atoms with Crippen LogP contribution >= 0.6 is 0 Å². The number of carbonyl (C=O) groups excluding carboxylic acids is 2. The zero-order valence-corrected chi connectivity index (χ0v) is 12.7. The molecular formula is C13H19N3O5. The molecule has 0 fully saturated rings. The Morgan fingerprint density at radius 3 is 2.38 bits per heavy atom. The SMILES string of the molecule is C[C@H](NC(=O)c1ccc([N+](=O)[O-])n1C)C(=O)OC(C)(C)C. The average molecular weight is 297 g/mol. The molecule has 0 saturated carbocycles. The van der Waals surface area contributed by atoms with E-state index >= 15 is 0 Å². The van der Waals surface area contributed by atoms with Crippen molar-refractivity contribution in [3.05, 3.63) is 27.9 Å². The van der Waals surface area contributed by atoms with Crippen LogP contribution in [-0.4, -0.2) is 33.0 Å². The Kier molecular flexibility index (Phi) is 4.72. The molecule has 1 N–H and O–H groups in total. The highest BCUT2D eigenvalue weighted by Crippen LogP contribution is 2.15. The van der Waals surface area contributed by atoms with Crippen molar-refractivity contribution in [3.63, 3.8) is 0 Å². The van der Waals surface area contributed by atoms with E-state index in [1.165, 1.54) is 26.1 Å². The van der Waals surface area contributed by atoms with Gasteiger partial charge in [-0.2, -0.15) is 0 Å². The Balaban J connectivity index is 2.78. The van der Waals surface area contributed by atoms with Crippen LogP contribution in [-0.2, 0) is 16.6 Å². The van der Waals surface area contributed by atoms with Gasteiger partial charge in [0.2, 0.25) is 0 Å². The maximum absolute atomic E-state index is 12.0. The van der Waals surface area contributed by atoms with E-state index in [2.05, 4.69) is 5.32 Å². The lowest BCUT2D eigenvalue weighted by atomic mass is 10.2. The number of rotatable bonds is 4. The number of esters is 1. The van der Waals surface area contributed by atoms with Crippen molar-refractivity contribution in [2.45, 2.75) is 39.3 Å². The first kappa shape index (κ1) is 16.7. The predicted molar refractivity (Wildman–Crippen MR) is 74.8 cm³/mol. The molecule has 21 heavy (non-hydrogen) atoms. The van der Waals surface area contributed by atoms with Gasteiger partial charge in [0.05, 0.1) is 7.05 Å². The molecule has 0 aromatic carbocycles. The van der Waals surface area contributed by atoms with Crippen molar-refractivity contribution in [1.82, 2.24) is 9.88 Å². The zero-order valence-electron chi connectivity index (χ0n) is 12.7. The Labute approximate surface area is 122 Å². The second-order valence-electron chi connectivity index (χ2n) is 5.62. The molecule has 0 saturated heterocycles. The predicted octanol–water partition coefficient (Wildman–Crippen LogP) is 1.39. The third-order valence-corrected chi connectivity index (χ3v) is 2.62. The molecule has 0 spiro atoms. The van der Waals surface area contributed by atoms with E-state index in [1.54, 1.807) is 20.8 Å². The summed E-state index contributed by atoms with van der Waals surface area (Å²) < 4.78 is 6.29. The monoisotopic (exact) mass is 297 g/mol. The van der Waals surface area contributed by atoms with Crippen LogP contribution in [0.4, 0.5) is 5.82 Å². The number of nitrogens with one attached hydrogen (secondary N) is 1. The summed E-state index contributed by atoms with van der Waals surface area (Å²) in [6.07, 6.45) is 0. The fourth-order valence-corrected chi connectivity index (χ4v) is 1.63. The van der Waals surface area contributed by atoms with Crippen molar-refractivity contribution in [2.75, 3.05) is 0 Å². The molecule has 0 aliphatic heterocycles. The Morgan fingerprint density at radius 2 is 1.95 bits per heavy atom. The van der Waals surface area contributed by atoms with Gasteiger partial charge in [0.15, 0.2) is 5.69 Å². The largest absolute Gasteiger partial charge is 0.458 e. The summed E-state index contributed by atoms with van der Waals surface area (Å²) in [4.78, 5) is 33.9. The van der Waals surface area contributed by atoms with Crippen molar-refractivity contribution >= 4 is 17.7 Å². The summed E-state index contributed by atoms with van der Waals surface area (Å²) in [7, 11) is 1.41. The van der Waals surface area contributed by atoms with Crippen LogP contribution in [0.1, 0.15) is 38.2 Å². The molecule has 116 valence electrons. The summed E-state index contributed by atoms with van der Waals surface area (Å²) >= 11 is 0. The molecule has 1 aromatic heterocycles. The highest BCUT2D eigenvalue weighted by molar-refractivity contribution is 5.95. The van der Waals surface area contributed by atoms with Crippen LogP contribution in [0.25, 0.3) is 0 Å². The van der Waals surface area contributed by atoms with E-state index in [1.807, 2.05) is 0 Å². The van der Waals surface area contributed by atoms with Gasteiger partial charge in [-0.1, -0.05) is 0 Å². The quantitative estimate of drug-likeness (QED) is 0.514. The molecule has 0 aliphatic rings. The third-order valence-electron chi connectivity index (χ3n) is 2.62. The van der Waals surface area contributed by atoms with E-state index in [-0.39, 0.29) is 11.5 Å². The number of hydrogen-bond donors (Lipinski definition) is 1. The van der Waals surface area contributed by atoms with Gasteiger partial charge >= 0.3 is 11.8 Å². The topological polar surface area (TPSA) is 103 Å². The molecule has 1 aromatic rings. The number of carbonyl (C=O) groups is 2. The fourth-order valence-electron chi connectivity index (χ4n) is 1.63. The van der Waals surface area contributed by atoms with Crippen molar-refractivity contribution in [1.29, 1.82) is 0 Å². The summed E-state index contributed by atoms with van der Waals surface area (Å²) in [6.45, 7) is 6.66. The van der Waals surface area contributed by atoms with E-state index in [0.717, 1.165) is 4.57 Å². The maximum Gasteiger partial charge on any atom is 0.328 e. The Bertz CT molecular complexity index is 571. The van der Waals surface area contributed by atoms with Gasteiger partial charge in [0.25, 0.3) is 5.91 Å². The minimum atomic E-state index is -0.856. The first-order valence-corrected chi connectivity index (χ1v) is 6.37. The van der Waals surface area contributed by atoms with Crippen LogP contribution < -0.4 is 5.32 Å². The number of hydrogen-bond acceptors (Lipinski definition) is 5. The van der Waals surface area contributed by atoms with Crippen molar-refractivity contribution < 1.29 is 19.2 Å². The second kappa shape index (κ2) is 5.94. The molecule has 0 radical (unpaired) electrons. The van der Waals surface area contributed by atoms with Crippen LogP contribution in [0.5, 0.6) is 0 Å². The molecule has 8 nitrogen and oxygen atoms in total. The van der Waals surface area contributed by atoms with E-state index < -0.39 is 28.4 Å². The average Bonchev–Trinajstić information content (AvgIpc) is 2.68. The highest BCUT2D eigenvalue weighted by Gasteiger charge is 2.26. The molecule has 1 amide bonds. The highest BCUT2D eigenvalue weighted by atomic mass is 16.6. The van der Waals surface area contributed by atoms with Crippen molar-refractivity contribution in [3.8, 4) is 0 Å². The molecule has 1 heterocycles. The second-order valence-corrected chi connectivity index (χ2v) is 5.62. The van der Waals surface area contributed by atoms with Gasteiger partial charge in [0, 0.05) is 6.07 Å². The Hall–Kier alpha value is -2.38. The standard InChI is InChI=1S/C13H19N3O5/c1-8(12(18)21-13(2,3)4)14-11(17)9-6-7-10(15(9)5)16(19)20/h6-8H,1-5H3,(H,14,17)/t8-/m0/s1.